The zero-order chi connectivity index (χ0) is 11.9. The van der Waals surface area contributed by atoms with E-state index in [0.717, 1.165) is 24.1 Å². The minimum atomic E-state index is -0.415. The predicted molar refractivity (Wildman–Crippen MR) is 70.6 cm³/mol. The Bertz CT molecular complexity index is 562. The summed E-state index contributed by atoms with van der Waals surface area (Å²) in [5, 5.41) is 0. The number of hydrogen-bond acceptors (Lipinski definition) is 2. The van der Waals surface area contributed by atoms with Gasteiger partial charge in [0.25, 0.3) is 0 Å². The van der Waals surface area contributed by atoms with Crippen LogP contribution in [0.5, 0.6) is 0 Å². The minimum absolute atomic E-state index is 0.415. The Morgan fingerprint density at radius 2 is 1.53 bits per heavy atom. The molecular formula is C15H16N2. The largest absolute Gasteiger partial charge is 0.398 e. The summed E-state index contributed by atoms with van der Waals surface area (Å²) in [4.78, 5) is 0. The van der Waals surface area contributed by atoms with Gasteiger partial charge in [-0.2, -0.15) is 0 Å². The predicted octanol–water partition coefficient (Wildman–Crippen LogP) is 2.42. The molecule has 0 aliphatic heterocycles. The van der Waals surface area contributed by atoms with Crippen molar-refractivity contribution in [3.8, 4) is 0 Å². The topological polar surface area (TPSA) is 52.0 Å². The fourth-order valence-corrected chi connectivity index (χ4v) is 2.82. The quantitative estimate of drug-likeness (QED) is 0.731. The van der Waals surface area contributed by atoms with Crippen molar-refractivity contribution in [3.05, 3.63) is 65.2 Å². The zero-order valence-electron chi connectivity index (χ0n) is 9.69. The highest BCUT2D eigenvalue weighted by Gasteiger charge is 2.37. The van der Waals surface area contributed by atoms with Crippen molar-refractivity contribution in [1.82, 2.24) is 0 Å². The maximum Gasteiger partial charge on any atom is 0.0691 e. The molecule has 1 unspecified atom stereocenters. The first-order chi connectivity index (χ1) is 8.22. The summed E-state index contributed by atoms with van der Waals surface area (Å²) >= 11 is 0. The number of fused-ring (bicyclic) bond motifs is 1. The standard InChI is InChI=1S/C15H16N2/c16-14-8-4-3-7-13(14)15(17)10-9-11-5-1-2-6-12(11)15/h1-8H,9-10,16-17H2. The third-order valence-electron chi connectivity index (χ3n) is 3.73. The molecule has 0 amide bonds. The molecule has 1 aliphatic rings. The van der Waals surface area contributed by atoms with E-state index in [1.807, 2.05) is 30.3 Å². The number of benzene rings is 2. The van der Waals surface area contributed by atoms with Gasteiger partial charge in [-0.05, 0) is 35.6 Å². The van der Waals surface area contributed by atoms with E-state index in [0.29, 0.717) is 0 Å². The van der Waals surface area contributed by atoms with Gasteiger partial charge in [0.15, 0.2) is 0 Å². The summed E-state index contributed by atoms with van der Waals surface area (Å²) in [7, 11) is 0. The molecule has 0 heterocycles. The highest BCUT2D eigenvalue weighted by atomic mass is 14.8. The first kappa shape index (κ1) is 10.4. The van der Waals surface area contributed by atoms with Crippen LogP contribution in [0.2, 0.25) is 0 Å². The summed E-state index contributed by atoms with van der Waals surface area (Å²) in [6.07, 6.45) is 1.96. The van der Waals surface area contributed by atoms with Gasteiger partial charge in [0.2, 0.25) is 0 Å². The Balaban J connectivity index is 2.19. The van der Waals surface area contributed by atoms with Gasteiger partial charge in [-0.15, -0.1) is 0 Å². The van der Waals surface area contributed by atoms with Gasteiger partial charge in [0.05, 0.1) is 5.54 Å². The summed E-state index contributed by atoms with van der Waals surface area (Å²) in [6.45, 7) is 0. The molecule has 0 bridgehead atoms. The average molecular weight is 224 g/mol. The van der Waals surface area contributed by atoms with Gasteiger partial charge in [-0.1, -0.05) is 42.5 Å². The van der Waals surface area contributed by atoms with Crippen molar-refractivity contribution < 1.29 is 0 Å². The molecule has 0 saturated heterocycles. The fourth-order valence-electron chi connectivity index (χ4n) is 2.82. The number of anilines is 1. The normalized spacial score (nSPS) is 22.4. The Labute approximate surface area is 101 Å². The third-order valence-corrected chi connectivity index (χ3v) is 3.73. The second-order valence-corrected chi connectivity index (χ2v) is 4.72. The summed E-state index contributed by atoms with van der Waals surface area (Å²) in [6, 6.07) is 16.3. The Morgan fingerprint density at radius 1 is 0.882 bits per heavy atom. The van der Waals surface area contributed by atoms with Crippen LogP contribution in [0.25, 0.3) is 0 Å². The van der Waals surface area contributed by atoms with Gasteiger partial charge < -0.3 is 11.5 Å². The molecule has 2 aromatic carbocycles. The van der Waals surface area contributed by atoms with Crippen LogP contribution in [0, 0.1) is 0 Å². The van der Waals surface area contributed by atoms with Crippen LogP contribution in [0.15, 0.2) is 48.5 Å². The lowest BCUT2D eigenvalue weighted by Gasteiger charge is -2.27. The number of aryl methyl sites for hydroxylation is 1. The zero-order valence-corrected chi connectivity index (χ0v) is 9.69. The van der Waals surface area contributed by atoms with E-state index in [1.165, 1.54) is 11.1 Å². The molecule has 0 saturated carbocycles. The molecule has 2 heteroatoms. The van der Waals surface area contributed by atoms with E-state index in [4.69, 9.17) is 11.5 Å². The summed E-state index contributed by atoms with van der Waals surface area (Å²) in [5.41, 5.74) is 16.7. The molecule has 1 aliphatic carbocycles. The van der Waals surface area contributed by atoms with Crippen LogP contribution >= 0.6 is 0 Å². The van der Waals surface area contributed by atoms with Crippen molar-refractivity contribution in [2.75, 3.05) is 5.73 Å². The average Bonchev–Trinajstić information content (AvgIpc) is 2.70. The first-order valence-electron chi connectivity index (χ1n) is 5.94. The number of hydrogen-bond donors (Lipinski definition) is 2. The monoisotopic (exact) mass is 224 g/mol. The SMILES string of the molecule is Nc1ccccc1C1(N)CCc2ccccc21. The van der Waals surface area contributed by atoms with Gasteiger partial charge in [0.1, 0.15) is 0 Å². The molecule has 0 aromatic heterocycles. The lowest BCUT2D eigenvalue weighted by atomic mass is 9.84. The molecule has 86 valence electrons. The van der Waals surface area contributed by atoms with Crippen molar-refractivity contribution in [2.24, 2.45) is 5.73 Å². The smallest absolute Gasteiger partial charge is 0.0691 e. The second kappa shape index (κ2) is 3.60. The van der Waals surface area contributed by atoms with Gasteiger partial charge in [-0.25, -0.2) is 0 Å². The van der Waals surface area contributed by atoms with Crippen molar-refractivity contribution >= 4 is 5.69 Å². The first-order valence-corrected chi connectivity index (χ1v) is 5.94. The van der Waals surface area contributed by atoms with E-state index in [1.54, 1.807) is 0 Å². The highest BCUT2D eigenvalue weighted by Crippen LogP contribution is 2.41. The van der Waals surface area contributed by atoms with Crippen LogP contribution in [0.1, 0.15) is 23.1 Å². The molecule has 4 N–H and O–H groups in total. The van der Waals surface area contributed by atoms with E-state index in [2.05, 4.69) is 18.2 Å². The maximum absolute atomic E-state index is 6.61. The van der Waals surface area contributed by atoms with E-state index < -0.39 is 5.54 Å². The number of para-hydroxylation sites is 1. The van der Waals surface area contributed by atoms with E-state index in [9.17, 15) is 0 Å². The molecule has 0 spiro atoms. The van der Waals surface area contributed by atoms with E-state index >= 15 is 0 Å². The number of rotatable bonds is 1. The van der Waals surface area contributed by atoms with Crippen molar-refractivity contribution in [2.45, 2.75) is 18.4 Å². The van der Waals surface area contributed by atoms with Gasteiger partial charge in [-0.3, -0.25) is 0 Å². The lowest BCUT2D eigenvalue weighted by Crippen LogP contribution is -2.36. The molecule has 17 heavy (non-hydrogen) atoms. The van der Waals surface area contributed by atoms with Crippen molar-refractivity contribution in [1.29, 1.82) is 0 Å². The molecule has 2 nitrogen and oxygen atoms in total. The minimum Gasteiger partial charge on any atom is -0.398 e. The van der Waals surface area contributed by atoms with Gasteiger partial charge >= 0.3 is 0 Å². The highest BCUT2D eigenvalue weighted by molar-refractivity contribution is 5.57. The molecule has 3 rings (SSSR count). The van der Waals surface area contributed by atoms with Crippen LogP contribution in [-0.4, -0.2) is 0 Å². The maximum atomic E-state index is 6.61. The van der Waals surface area contributed by atoms with Crippen LogP contribution in [0.3, 0.4) is 0 Å². The molecule has 0 radical (unpaired) electrons. The molecule has 2 aromatic rings. The molecule has 0 fully saturated rings. The van der Waals surface area contributed by atoms with Crippen LogP contribution in [-0.2, 0) is 12.0 Å². The van der Waals surface area contributed by atoms with Crippen LogP contribution in [0.4, 0.5) is 5.69 Å². The summed E-state index contributed by atoms with van der Waals surface area (Å²) in [5.74, 6) is 0. The fraction of sp³-hybridized carbons (Fsp3) is 0.200. The Hall–Kier alpha value is -1.80. The molecule has 1 atom stereocenters. The Kier molecular flexibility index (Phi) is 2.20. The molecular weight excluding hydrogens is 208 g/mol. The number of nitrogens with two attached hydrogens (primary N) is 2. The third kappa shape index (κ3) is 1.45. The number of nitrogen functional groups attached to an aromatic ring is 1. The Morgan fingerprint density at radius 3 is 2.29 bits per heavy atom. The van der Waals surface area contributed by atoms with E-state index in [-0.39, 0.29) is 0 Å². The van der Waals surface area contributed by atoms with Gasteiger partial charge in [0, 0.05) is 5.69 Å². The second-order valence-electron chi connectivity index (χ2n) is 4.72. The van der Waals surface area contributed by atoms with Crippen molar-refractivity contribution in [3.63, 3.8) is 0 Å². The lowest BCUT2D eigenvalue weighted by molar-refractivity contribution is 0.537. The summed E-state index contributed by atoms with van der Waals surface area (Å²) < 4.78 is 0. The van der Waals surface area contributed by atoms with Crippen LogP contribution < -0.4 is 11.5 Å².